The first-order valence-electron chi connectivity index (χ1n) is 6.63. The molecule has 1 aromatic carbocycles. The summed E-state index contributed by atoms with van der Waals surface area (Å²) in [5.74, 6) is -0.0226. The molecule has 0 saturated heterocycles. The van der Waals surface area contributed by atoms with Crippen molar-refractivity contribution < 1.29 is 5.11 Å². The van der Waals surface area contributed by atoms with Crippen LogP contribution in [-0.2, 0) is 12.8 Å². The van der Waals surface area contributed by atoms with Crippen molar-refractivity contribution in [2.75, 3.05) is 0 Å². The fraction of sp³-hybridized carbons (Fsp3) is 0.533. The van der Waals surface area contributed by atoms with Crippen molar-refractivity contribution in [2.45, 2.75) is 51.4 Å². The smallest absolute Gasteiger partial charge is 0.223 e. The minimum atomic E-state index is -0.162. The Labute approximate surface area is 102 Å². The van der Waals surface area contributed by atoms with E-state index in [9.17, 15) is 9.90 Å². The summed E-state index contributed by atoms with van der Waals surface area (Å²) in [6.45, 7) is 0. The molecular weight excluding hydrogens is 212 g/mol. The van der Waals surface area contributed by atoms with E-state index in [1.54, 1.807) is 0 Å². The van der Waals surface area contributed by atoms with Gasteiger partial charge in [-0.1, -0.05) is 43.9 Å². The van der Waals surface area contributed by atoms with Crippen LogP contribution in [0.15, 0.2) is 23.0 Å². The van der Waals surface area contributed by atoms with E-state index in [1.807, 2.05) is 18.2 Å². The van der Waals surface area contributed by atoms with Crippen LogP contribution in [-0.4, -0.2) is 5.11 Å². The Morgan fingerprint density at radius 3 is 2.06 bits per heavy atom. The van der Waals surface area contributed by atoms with Crippen molar-refractivity contribution in [2.24, 2.45) is 0 Å². The van der Waals surface area contributed by atoms with E-state index in [0.29, 0.717) is 0 Å². The maximum Gasteiger partial charge on any atom is 0.223 e. The highest BCUT2D eigenvalue weighted by Crippen LogP contribution is 2.18. The van der Waals surface area contributed by atoms with Gasteiger partial charge < -0.3 is 5.11 Å². The largest absolute Gasteiger partial charge is 0.504 e. The molecule has 0 atom stereocenters. The molecule has 1 aliphatic carbocycles. The molecule has 0 spiro atoms. The maximum atomic E-state index is 12.0. The van der Waals surface area contributed by atoms with Crippen LogP contribution >= 0.6 is 0 Å². The van der Waals surface area contributed by atoms with Gasteiger partial charge in [-0.05, 0) is 31.2 Å². The summed E-state index contributed by atoms with van der Waals surface area (Å²) < 4.78 is 0. The zero-order valence-electron chi connectivity index (χ0n) is 10.2. The third-order valence-corrected chi connectivity index (χ3v) is 3.55. The van der Waals surface area contributed by atoms with Crippen LogP contribution < -0.4 is 5.43 Å². The van der Waals surface area contributed by atoms with Crippen LogP contribution in [0.3, 0.4) is 0 Å². The predicted molar refractivity (Wildman–Crippen MR) is 69.5 cm³/mol. The zero-order chi connectivity index (χ0) is 12.1. The lowest BCUT2D eigenvalue weighted by Gasteiger charge is -2.04. The number of aryl methyl sites for hydroxylation is 2. The number of rotatable bonds is 0. The number of hydrogen-bond donors (Lipinski definition) is 1. The third kappa shape index (κ3) is 3.09. The summed E-state index contributed by atoms with van der Waals surface area (Å²) in [5, 5.41) is 9.97. The van der Waals surface area contributed by atoms with Crippen molar-refractivity contribution in [3.05, 3.63) is 39.5 Å². The Hall–Kier alpha value is -1.31. The minimum Gasteiger partial charge on any atom is -0.504 e. The van der Waals surface area contributed by atoms with Gasteiger partial charge in [0.2, 0.25) is 5.43 Å². The molecular formula is C15H20O2. The molecule has 0 aromatic heterocycles. The highest BCUT2D eigenvalue weighted by Gasteiger charge is 2.08. The highest BCUT2D eigenvalue weighted by molar-refractivity contribution is 5.34. The quantitative estimate of drug-likeness (QED) is 0.746. The zero-order valence-corrected chi connectivity index (χ0v) is 10.2. The van der Waals surface area contributed by atoms with Gasteiger partial charge in [-0.2, -0.15) is 0 Å². The standard InChI is InChI=1S/C15H20O2/c16-14-12-8-5-3-1-2-4-6-9-13(15(14)17)11-7-10-12/h7,10-11H,1-6,8-9H2,(H,16,17). The van der Waals surface area contributed by atoms with Gasteiger partial charge >= 0.3 is 0 Å². The Morgan fingerprint density at radius 1 is 0.824 bits per heavy atom. The molecule has 2 heteroatoms. The Morgan fingerprint density at radius 2 is 1.35 bits per heavy atom. The van der Waals surface area contributed by atoms with Crippen LogP contribution in [0.1, 0.15) is 49.7 Å². The SMILES string of the molecule is O=c1c2cccc(c1O)CCCCCCCC2. The number of hydrogen-bond acceptors (Lipinski definition) is 2. The summed E-state index contributed by atoms with van der Waals surface area (Å²) >= 11 is 0. The van der Waals surface area contributed by atoms with E-state index in [1.165, 1.54) is 25.7 Å². The van der Waals surface area contributed by atoms with Gasteiger partial charge in [0, 0.05) is 5.56 Å². The first kappa shape index (κ1) is 12.2. The molecule has 2 nitrogen and oxygen atoms in total. The van der Waals surface area contributed by atoms with Gasteiger partial charge in [-0.15, -0.1) is 0 Å². The van der Waals surface area contributed by atoms with Crippen molar-refractivity contribution in [3.63, 3.8) is 0 Å². The van der Waals surface area contributed by atoms with Gasteiger partial charge in [-0.25, -0.2) is 0 Å². The molecule has 17 heavy (non-hydrogen) atoms. The Kier molecular flexibility index (Phi) is 4.18. The number of fused-ring (bicyclic) bond motifs is 3. The van der Waals surface area contributed by atoms with Crippen LogP contribution in [0.2, 0.25) is 0 Å². The molecule has 0 aliphatic heterocycles. The lowest BCUT2D eigenvalue weighted by molar-refractivity contribution is 0.460. The molecule has 0 amide bonds. The molecule has 0 fully saturated rings. The van der Waals surface area contributed by atoms with Gasteiger partial charge in [0.05, 0.1) is 0 Å². The van der Waals surface area contributed by atoms with Crippen molar-refractivity contribution in [1.29, 1.82) is 0 Å². The second-order valence-corrected chi connectivity index (χ2v) is 4.88. The molecule has 2 bridgehead atoms. The van der Waals surface area contributed by atoms with E-state index in [4.69, 9.17) is 0 Å². The van der Waals surface area contributed by atoms with Gasteiger partial charge in [0.15, 0.2) is 5.75 Å². The fourth-order valence-electron chi connectivity index (χ4n) is 2.47. The van der Waals surface area contributed by atoms with Gasteiger partial charge in [0.25, 0.3) is 0 Å². The molecule has 92 valence electrons. The molecule has 0 saturated carbocycles. The summed E-state index contributed by atoms with van der Waals surface area (Å²) in [4.78, 5) is 12.0. The average Bonchev–Trinajstić information content (AvgIpc) is 2.46. The molecule has 0 radical (unpaired) electrons. The van der Waals surface area contributed by atoms with E-state index < -0.39 is 0 Å². The first-order valence-corrected chi connectivity index (χ1v) is 6.63. The summed E-state index contributed by atoms with van der Waals surface area (Å²) in [5.41, 5.74) is 1.40. The van der Waals surface area contributed by atoms with Crippen molar-refractivity contribution in [3.8, 4) is 5.75 Å². The van der Waals surface area contributed by atoms with E-state index >= 15 is 0 Å². The summed E-state index contributed by atoms with van der Waals surface area (Å²) in [6.07, 6.45) is 8.63. The summed E-state index contributed by atoms with van der Waals surface area (Å²) in [6, 6.07) is 5.66. The van der Waals surface area contributed by atoms with Crippen molar-refractivity contribution in [1.82, 2.24) is 0 Å². The molecule has 0 unspecified atom stereocenters. The van der Waals surface area contributed by atoms with E-state index in [-0.39, 0.29) is 11.2 Å². The second kappa shape index (κ2) is 5.85. The van der Waals surface area contributed by atoms with Crippen molar-refractivity contribution >= 4 is 0 Å². The van der Waals surface area contributed by atoms with Gasteiger partial charge in [-0.3, -0.25) is 4.79 Å². The normalized spacial score (nSPS) is 17.2. The topological polar surface area (TPSA) is 37.3 Å². The first-order chi connectivity index (χ1) is 8.29. The maximum absolute atomic E-state index is 12.0. The fourth-order valence-corrected chi connectivity index (χ4v) is 2.47. The van der Waals surface area contributed by atoms with Gasteiger partial charge in [0.1, 0.15) is 0 Å². The monoisotopic (exact) mass is 232 g/mol. The Bertz CT molecular complexity index is 437. The van der Waals surface area contributed by atoms with E-state index in [0.717, 1.165) is 36.8 Å². The highest BCUT2D eigenvalue weighted by atomic mass is 16.3. The molecule has 2 rings (SSSR count). The third-order valence-electron chi connectivity index (χ3n) is 3.55. The Balaban J connectivity index is 2.38. The molecule has 1 N–H and O–H groups in total. The van der Waals surface area contributed by atoms with E-state index in [2.05, 4.69) is 0 Å². The minimum absolute atomic E-state index is 0.0226. The van der Waals surface area contributed by atoms with Crippen LogP contribution in [0.5, 0.6) is 5.75 Å². The lowest BCUT2D eigenvalue weighted by atomic mass is 10.0. The predicted octanol–water partition coefficient (Wildman–Crippen LogP) is 3.19. The molecule has 1 aliphatic rings. The second-order valence-electron chi connectivity index (χ2n) is 4.88. The van der Waals surface area contributed by atoms with Crippen LogP contribution in [0.25, 0.3) is 0 Å². The van der Waals surface area contributed by atoms with Crippen LogP contribution in [0.4, 0.5) is 0 Å². The summed E-state index contributed by atoms with van der Waals surface area (Å²) in [7, 11) is 0. The molecule has 0 heterocycles. The number of aromatic hydroxyl groups is 1. The lowest BCUT2D eigenvalue weighted by Crippen LogP contribution is -2.07. The molecule has 1 aromatic rings. The van der Waals surface area contributed by atoms with Crippen LogP contribution in [0, 0.1) is 0 Å². The average molecular weight is 232 g/mol.